The maximum absolute atomic E-state index is 14.0. The number of carbonyl (C=O) groups excluding carboxylic acids is 1. The van der Waals surface area contributed by atoms with E-state index in [-0.39, 0.29) is 24.2 Å². The first-order chi connectivity index (χ1) is 13.5. The van der Waals surface area contributed by atoms with Crippen LogP contribution < -0.4 is 4.74 Å². The molecule has 2 heterocycles. The van der Waals surface area contributed by atoms with E-state index in [2.05, 4.69) is 26.1 Å². The van der Waals surface area contributed by atoms with Crippen molar-refractivity contribution < 1.29 is 18.4 Å². The molecule has 6 nitrogen and oxygen atoms in total. The molecule has 1 saturated heterocycles. The van der Waals surface area contributed by atoms with Crippen molar-refractivity contribution in [1.82, 2.24) is 15.0 Å². The van der Waals surface area contributed by atoms with Gasteiger partial charge in [-0.3, -0.25) is 4.79 Å². The first-order valence-corrected chi connectivity index (χ1v) is 9.56. The number of aromatic nitrogens is 2. The van der Waals surface area contributed by atoms with Gasteiger partial charge in [-0.2, -0.15) is 4.98 Å². The van der Waals surface area contributed by atoms with Crippen molar-refractivity contribution in [1.29, 1.82) is 0 Å². The second-order valence-corrected chi connectivity index (χ2v) is 7.42. The molecule has 0 N–H and O–H groups in total. The van der Waals surface area contributed by atoms with Crippen LogP contribution in [0.2, 0.25) is 0 Å². The van der Waals surface area contributed by atoms with Crippen molar-refractivity contribution in [3.63, 3.8) is 0 Å². The van der Waals surface area contributed by atoms with Gasteiger partial charge in [0.1, 0.15) is 6.04 Å². The third-order valence-electron chi connectivity index (χ3n) is 4.73. The standard InChI is InChI=1S/C20H17BrFN3O3/c1-27-17-8-2-12(10-15(17)22)11-25-16(7-9-18(25)26)20-23-19(24-28-20)13-3-5-14(21)6-4-13/h2-6,8,10,16H,7,9,11H2,1H3. The maximum atomic E-state index is 14.0. The zero-order valence-electron chi connectivity index (χ0n) is 15.1. The molecule has 28 heavy (non-hydrogen) atoms. The number of nitrogens with zero attached hydrogens (tertiary/aromatic N) is 3. The van der Waals surface area contributed by atoms with Gasteiger partial charge in [0.2, 0.25) is 17.6 Å². The van der Waals surface area contributed by atoms with E-state index in [1.54, 1.807) is 17.0 Å². The van der Waals surface area contributed by atoms with Crippen molar-refractivity contribution in [3.8, 4) is 17.1 Å². The summed E-state index contributed by atoms with van der Waals surface area (Å²) in [5.74, 6) is 0.544. The number of hydrogen-bond acceptors (Lipinski definition) is 5. The lowest BCUT2D eigenvalue weighted by Gasteiger charge is -2.22. The molecule has 0 spiro atoms. The molecule has 1 fully saturated rings. The number of benzene rings is 2. The van der Waals surface area contributed by atoms with Gasteiger partial charge < -0.3 is 14.2 Å². The molecule has 4 rings (SSSR count). The Labute approximate surface area is 169 Å². The van der Waals surface area contributed by atoms with Crippen molar-refractivity contribution in [3.05, 3.63) is 64.2 Å². The number of halogens is 2. The molecule has 2 aromatic carbocycles. The van der Waals surface area contributed by atoms with Gasteiger partial charge >= 0.3 is 0 Å². The summed E-state index contributed by atoms with van der Waals surface area (Å²) >= 11 is 3.39. The lowest BCUT2D eigenvalue weighted by Crippen LogP contribution is -2.27. The maximum Gasteiger partial charge on any atom is 0.249 e. The second-order valence-electron chi connectivity index (χ2n) is 6.51. The summed E-state index contributed by atoms with van der Waals surface area (Å²) in [5.41, 5.74) is 1.50. The summed E-state index contributed by atoms with van der Waals surface area (Å²) < 4.78 is 25.3. The summed E-state index contributed by atoms with van der Waals surface area (Å²) in [4.78, 5) is 18.5. The summed E-state index contributed by atoms with van der Waals surface area (Å²) in [6.45, 7) is 0.264. The van der Waals surface area contributed by atoms with Gasteiger partial charge in [0.25, 0.3) is 0 Å². The smallest absolute Gasteiger partial charge is 0.249 e. The van der Waals surface area contributed by atoms with E-state index in [1.165, 1.54) is 13.2 Å². The highest BCUT2D eigenvalue weighted by Crippen LogP contribution is 2.34. The normalized spacial score (nSPS) is 16.6. The highest BCUT2D eigenvalue weighted by molar-refractivity contribution is 9.10. The predicted molar refractivity (Wildman–Crippen MR) is 103 cm³/mol. The van der Waals surface area contributed by atoms with E-state index in [0.29, 0.717) is 30.1 Å². The summed E-state index contributed by atoms with van der Waals surface area (Å²) in [5, 5.41) is 4.05. The van der Waals surface area contributed by atoms with Crippen LogP contribution in [-0.4, -0.2) is 28.1 Å². The van der Waals surface area contributed by atoms with Crippen LogP contribution in [0.15, 0.2) is 51.5 Å². The van der Waals surface area contributed by atoms with Crippen molar-refractivity contribution in [2.24, 2.45) is 0 Å². The fourth-order valence-electron chi connectivity index (χ4n) is 3.28. The van der Waals surface area contributed by atoms with Crippen LogP contribution in [0, 0.1) is 5.82 Å². The zero-order chi connectivity index (χ0) is 19.7. The molecule has 1 aliphatic rings. The quantitative estimate of drug-likeness (QED) is 0.577. The molecule has 1 aromatic heterocycles. The fraction of sp³-hybridized carbons (Fsp3) is 0.250. The average molecular weight is 446 g/mol. The van der Waals surface area contributed by atoms with Gasteiger partial charge in [0.15, 0.2) is 11.6 Å². The Morgan fingerprint density at radius 2 is 2.07 bits per heavy atom. The van der Waals surface area contributed by atoms with Crippen molar-refractivity contribution >= 4 is 21.8 Å². The molecule has 8 heteroatoms. The summed E-state index contributed by atoms with van der Waals surface area (Å²) in [6.07, 6.45) is 0.971. The van der Waals surface area contributed by atoms with E-state index in [0.717, 1.165) is 10.0 Å². The Bertz CT molecular complexity index is 1010. The second kappa shape index (κ2) is 7.71. The molecule has 1 aliphatic heterocycles. The lowest BCUT2D eigenvalue weighted by molar-refractivity contribution is -0.130. The third kappa shape index (κ3) is 3.64. The number of ether oxygens (including phenoxy) is 1. The number of methoxy groups -OCH3 is 1. The van der Waals surface area contributed by atoms with E-state index < -0.39 is 5.82 Å². The Morgan fingerprint density at radius 1 is 1.29 bits per heavy atom. The molecular weight excluding hydrogens is 429 g/mol. The van der Waals surface area contributed by atoms with Crippen LogP contribution >= 0.6 is 15.9 Å². The van der Waals surface area contributed by atoms with Crippen LogP contribution in [-0.2, 0) is 11.3 Å². The highest BCUT2D eigenvalue weighted by atomic mass is 79.9. The number of likely N-dealkylation sites (tertiary alicyclic amines) is 1. The SMILES string of the molecule is COc1ccc(CN2C(=O)CCC2c2nc(-c3ccc(Br)cc3)no2)cc1F. The molecule has 1 atom stereocenters. The summed E-state index contributed by atoms with van der Waals surface area (Å²) in [6, 6.07) is 11.9. The van der Waals surface area contributed by atoms with Crippen LogP contribution in [0.25, 0.3) is 11.4 Å². The van der Waals surface area contributed by atoms with Gasteiger partial charge in [0.05, 0.1) is 7.11 Å². The zero-order valence-corrected chi connectivity index (χ0v) is 16.6. The summed E-state index contributed by atoms with van der Waals surface area (Å²) in [7, 11) is 1.41. The van der Waals surface area contributed by atoms with Crippen LogP contribution in [0.5, 0.6) is 5.75 Å². The van der Waals surface area contributed by atoms with Crippen LogP contribution in [0.1, 0.15) is 30.3 Å². The topological polar surface area (TPSA) is 68.5 Å². The Morgan fingerprint density at radius 3 is 2.79 bits per heavy atom. The minimum atomic E-state index is -0.460. The van der Waals surface area contributed by atoms with Crippen molar-refractivity contribution in [2.75, 3.05) is 7.11 Å². The fourth-order valence-corrected chi connectivity index (χ4v) is 3.54. The van der Waals surface area contributed by atoms with Gasteiger partial charge in [-0.15, -0.1) is 0 Å². The first kappa shape index (κ1) is 18.6. The Kier molecular flexibility index (Phi) is 5.13. The molecule has 3 aromatic rings. The van der Waals surface area contributed by atoms with Gasteiger partial charge in [-0.05, 0) is 48.4 Å². The minimum absolute atomic E-state index is 0.0235. The third-order valence-corrected chi connectivity index (χ3v) is 5.26. The molecule has 0 bridgehead atoms. The highest BCUT2D eigenvalue weighted by Gasteiger charge is 2.36. The molecule has 0 radical (unpaired) electrons. The van der Waals surface area contributed by atoms with E-state index in [9.17, 15) is 9.18 Å². The molecule has 1 unspecified atom stereocenters. The number of carbonyl (C=O) groups is 1. The molecule has 1 amide bonds. The average Bonchev–Trinajstić information content (AvgIpc) is 3.30. The Hall–Kier alpha value is -2.74. The molecular formula is C20H17BrFN3O3. The van der Waals surface area contributed by atoms with Crippen LogP contribution in [0.4, 0.5) is 4.39 Å². The molecule has 0 aliphatic carbocycles. The number of amides is 1. The molecule has 144 valence electrons. The van der Waals surface area contributed by atoms with Gasteiger partial charge in [-0.25, -0.2) is 4.39 Å². The van der Waals surface area contributed by atoms with Gasteiger partial charge in [-0.1, -0.05) is 27.2 Å². The monoisotopic (exact) mass is 445 g/mol. The van der Waals surface area contributed by atoms with E-state index in [4.69, 9.17) is 9.26 Å². The van der Waals surface area contributed by atoms with Gasteiger partial charge in [0, 0.05) is 23.0 Å². The van der Waals surface area contributed by atoms with Crippen molar-refractivity contribution in [2.45, 2.75) is 25.4 Å². The first-order valence-electron chi connectivity index (χ1n) is 8.76. The number of rotatable bonds is 5. The van der Waals surface area contributed by atoms with E-state index in [1.807, 2.05) is 24.3 Å². The number of hydrogen-bond donors (Lipinski definition) is 0. The van der Waals surface area contributed by atoms with E-state index >= 15 is 0 Å². The molecule has 0 saturated carbocycles. The minimum Gasteiger partial charge on any atom is -0.494 e. The Balaban J connectivity index is 1.56. The predicted octanol–water partition coefficient (Wildman–Crippen LogP) is 4.51. The van der Waals surface area contributed by atoms with Crippen LogP contribution in [0.3, 0.4) is 0 Å². The lowest BCUT2D eigenvalue weighted by atomic mass is 10.1. The largest absolute Gasteiger partial charge is 0.494 e.